The summed E-state index contributed by atoms with van der Waals surface area (Å²) in [5, 5.41) is 10.1. The quantitative estimate of drug-likeness (QED) is 0.685. The lowest BCUT2D eigenvalue weighted by atomic mass is 10.3. The number of hydrogen-bond acceptors (Lipinski definition) is 3. The summed E-state index contributed by atoms with van der Waals surface area (Å²) in [4.78, 5) is 3.67. The molecule has 0 spiro atoms. The molecular formula is C9H9BrF3NOS. The van der Waals surface area contributed by atoms with Crippen LogP contribution in [0.5, 0.6) is 0 Å². The Kier molecular flexibility index (Phi) is 5.07. The van der Waals surface area contributed by atoms with Crippen LogP contribution in [0.15, 0.2) is 23.4 Å². The summed E-state index contributed by atoms with van der Waals surface area (Å²) in [7, 11) is 0. The van der Waals surface area contributed by atoms with Crippen molar-refractivity contribution < 1.29 is 18.3 Å². The van der Waals surface area contributed by atoms with E-state index in [4.69, 9.17) is 0 Å². The molecule has 7 heteroatoms. The minimum Gasteiger partial charge on any atom is -0.391 e. The summed E-state index contributed by atoms with van der Waals surface area (Å²) in [6.07, 6.45) is -4.09. The molecule has 1 aromatic rings. The first-order valence-electron chi connectivity index (χ1n) is 4.33. The largest absolute Gasteiger partial charge is 0.417 e. The first-order valence-corrected chi connectivity index (χ1v) is 6.44. The third-order valence-electron chi connectivity index (χ3n) is 1.67. The fraction of sp³-hybridized carbons (Fsp3) is 0.444. The standard InChI is InChI=1S/C9H9BrF3NOS/c10-3-7(15)5-16-8-2-1-6(4-14-8)9(11,12)13/h1-2,4,7,15H,3,5H2. The minimum atomic E-state index is -4.36. The van der Waals surface area contributed by atoms with E-state index in [-0.39, 0.29) is 0 Å². The van der Waals surface area contributed by atoms with Crippen LogP contribution in [0, 0.1) is 0 Å². The number of hydrogen-bond donors (Lipinski definition) is 1. The van der Waals surface area contributed by atoms with Gasteiger partial charge in [-0.05, 0) is 12.1 Å². The van der Waals surface area contributed by atoms with Crippen LogP contribution in [0.25, 0.3) is 0 Å². The highest BCUT2D eigenvalue weighted by Crippen LogP contribution is 2.29. The number of alkyl halides is 4. The molecule has 0 aromatic carbocycles. The first kappa shape index (κ1) is 13.8. The van der Waals surface area contributed by atoms with Crippen LogP contribution in [0.4, 0.5) is 13.2 Å². The fourth-order valence-electron chi connectivity index (χ4n) is 0.859. The molecule has 0 aliphatic rings. The van der Waals surface area contributed by atoms with Crippen molar-refractivity contribution in [2.75, 3.05) is 11.1 Å². The molecule has 1 aromatic heterocycles. The van der Waals surface area contributed by atoms with Gasteiger partial charge in [-0.15, -0.1) is 11.8 Å². The maximum Gasteiger partial charge on any atom is 0.417 e. The Morgan fingerprint density at radius 3 is 2.56 bits per heavy atom. The highest BCUT2D eigenvalue weighted by Gasteiger charge is 2.30. The van der Waals surface area contributed by atoms with E-state index in [0.29, 0.717) is 16.1 Å². The van der Waals surface area contributed by atoms with Crippen LogP contribution in [-0.2, 0) is 6.18 Å². The Morgan fingerprint density at radius 2 is 2.12 bits per heavy atom. The number of aliphatic hydroxyl groups excluding tert-OH is 1. The zero-order chi connectivity index (χ0) is 12.2. The molecule has 0 amide bonds. The molecule has 1 heterocycles. The zero-order valence-corrected chi connectivity index (χ0v) is 10.4. The van der Waals surface area contributed by atoms with Crippen molar-refractivity contribution >= 4 is 27.7 Å². The smallest absolute Gasteiger partial charge is 0.391 e. The third-order valence-corrected chi connectivity index (χ3v) is 3.50. The average molecular weight is 316 g/mol. The molecule has 1 N–H and O–H groups in total. The van der Waals surface area contributed by atoms with Crippen molar-refractivity contribution in [1.29, 1.82) is 0 Å². The van der Waals surface area contributed by atoms with Gasteiger partial charge in [0.15, 0.2) is 0 Å². The molecule has 0 bridgehead atoms. The lowest BCUT2D eigenvalue weighted by Crippen LogP contribution is -2.11. The van der Waals surface area contributed by atoms with Gasteiger partial charge in [0.2, 0.25) is 0 Å². The molecule has 0 saturated heterocycles. The second kappa shape index (κ2) is 5.88. The summed E-state index contributed by atoms with van der Waals surface area (Å²) in [5.41, 5.74) is -0.766. The molecule has 0 saturated carbocycles. The lowest BCUT2D eigenvalue weighted by Gasteiger charge is -2.08. The SMILES string of the molecule is OC(CBr)CSc1ccc(C(F)(F)F)cn1. The Hall–Kier alpha value is -0.270. The van der Waals surface area contributed by atoms with Gasteiger partial charge < -0.3 is 5.11 Å². The van der Waals surface area contributed by atoms with E-state index in [1.165, 1.54) is 17.8 Å². The van der Waals surface area contributed by atoms with Crippen molar-refractivity contribution in [3.8, 4) is 0 Å². The van der Waals surface area contributed by atoms with E-state index in [9.17, 15) is 18.3 Å². The second-order valence-electron chi connectivity index (χ2n) is 3.00. The monoisotopic (exact) mass is 315 g/mol. The number of nitrogens with zero attached hydrogens (tertiary/aromatic N) is 1. The topological polar surface area (TPSA) is 33.1 Å². The van der Waals surface area contributed by atoms with E-state index in [0.717, 1.165) is 12.3 Å². The predicted octanol–water partition coefficient (Wildman–Crippen LogP) is 2.95. The van der Waals surface area contributed by atoms with Crippen LogP contribution < -0.4 is 0 Å². The van der Waals surface area contributed by atoms with Crippen molar-refractivity contribution in [1.82, 2.24) is 4.98 Å². The van der Waals surface area contributed by atoms with Crippen LogP contribution in [-0.4, -0.2) is 27.3 Å². The lowest BCUT2D eigenvalue weighted by molar-refractivity contribution is -0.137. The summed E-state index contributed by atoms with van der Waals surface area (Å²) >= 11 is 4.31. The van der Waals surface area contributed by atoms with Gasteiger partial charge in [0.05, 0.1) is 16.7 Å². The van der Waals surface area contributed by atoms with Gasteiger partial charge in [-0.3, -0.25) is 0 Å². The third kappa shape index (κ3) is 4.31. The van der Waals surface area contributed by atoms with Crippen molar-refractivity contribution in [3.63, 3.8) is 0 Å². The maximum absolute atomic E-state index is 12.2. The van der Waals surface area contributed by atoms with Gasteiger partial charge >= 0.3 is 6.18 Å². The number of halogens is 4. The zero-order valence-electron chi connectivity index (χ0n) is 8.04. The Morgan fingerprint density at radius 1 is 1.44 bits per heavy atom. The van der Waals surface area contributed by atoms with Gasteiger partial charge in [-0.1, -0.05) is 15.9 Å². The highest BCUT2D eigenvalue weighted by molar-refractivity contribution is 9.09. The number of aliphatic hydroxyl groups is 1. The molecule has 0 fully saturated rings. The predicted molar refractivity (Wildman–Crippen MR) is 59.8 cm³/mol. The molecule has 1 atom stereocenters. The molecular weight excluding hydrogens is 307 g/mol. The summed E-state index contributed by atoms with van der Waals surface area (Å²) < 4.78 is 36.6. The first-order chi connectivity index (χ1) is 7.43. The highest BCUT2D eigenvalue weighted by atomic mass is 79.9. The van der Waals surface area contributed by atoms with E-state index in [1.807, 2.05) is 0 Å². The van der Waals surface area contributed by atoms with Gasteiger partial charge in [-0.2, -0.15) is 13.2 Å². The van der Waals surface area contributed by atoms with Gasteiger partial charge in [0.1, 0.15) is 0 Å². The van der Waals surface area contributed by atoms with Crippen LogP contribution >= 0.6 is 27.7 Å². The van der Waals surface area contributed by atoms with Gasteiger partial charge in [0.25, 0.3) is 0 Å². The summed E-state index contributed by atoms with van der Waals surface area (Å²) in [6.45, 7) is 0. The Balaban J connectivity index is 2.58. The van der Waals surface area contributed by atoms with Crippen molar-refractivity contribution in [2.45, 2.75) is 17.3 Å². The van der Waals surface area contributed by atoms with Crippen molar-refractivity contribution in [3.05, 3.63) is 23.9 Å². The molecule has 2 nitrogen and oxygen atoms in total. The minimum absolute atomic E-state index is 0.392. The second-order valence-corrected chi connectivity index (χ2v) is 4.69. The average Bonchev–Trinajstić information content (AvgIpc) is 2.25. The van der Waals surface area contributed by atoms with Crippen LogP contribution in [0.1, 0.15) is 5.56 Å². The van der Waals surface area contributed by atoms with E-state index < -0.39 is 17.8 Å². The van der Waals surface area contributed by atoms with E-state index in [2.05, 4.69) is 20.9 Å². The van der Waals surface area contributed by atoms with Crippen molar-refractivity contribution in [2.24, 2.45) is 0 Å². The molecule has 0 aliphatic carbocycles. The maximum atomic E-state index is 12.2. The summed E-state index contributed by atoms with van der Waals surface area (Å²) in [5.74, 6) is 0.392. The molecule has 16 heavy (non-hydrogen) atoms. The van der Waals surface area contributed by atoms with E-state index in [1.54, 1.807) is 0 Å². The number of rotatable bonds is 4. The Labute approximate surface area is 103 Å². The number of pyridine rings is 1. The molecule has 0 radical (unpaired) electrons. The van der Waals surface area contributed by atoms with Gasteiger partial charge in [-0.25, -0.2) is 4.98 Å². The summed E-state index contributed by atoms with van der Waals surface area (Å²) in [6, 6.07) is 2.28. The molecule has 0 aliphatic heterocycles. The number of thioether (sulfide) groups is 1. The fourth-order valence-corrected chi connectivity index (χ4v) is 2.16. The Bertz CT molecular complexity index is 331. The molecule has 1 unspecified atom stereocenters. The van der Waals surface area contributed by atoms with Gasteiger partial charge in [0, 0.05) is 17.3 Å². The van der Waals surface area contributed by atoms with E-state index >= 15 is 0 Å². The van der Waals surface area contributed by atoms with Crippen LogP contribution in [0.3, 0.4) is 0 Å². The normalized spacial score (nSPS) is 13.8. The van der Waals surface area contributed by atoms with Crippen LogP contribution in [0.2, 0.25) is 0 Å². The number of aromatic nitrogens is 1. The molecule has 1 rings (SSSR count). The molecule has 90 valence electrons.